The zero-order chi connectivity index (χ0) is 12.1. The lowest BCUT2D eigenvalue weighted by molar-refractivity contribution is 0.124. The molecule has 0 bridgehead atoms. The van der Waals surface area contributed by atoms with Crippen molar-refractivity contribution in [1.82, 2.24) is 10.2 Å². The van der Waals surface area contributed by atoms with Gasteiger partial charge in [0.2, 0.25) is 0 Å². The van der Waals surface area contributed by atoms with Gasteiger partial charge in [-0.1, -0.05) is 19.8 Å². The van der Waals surface area contributed by atoms with Gasteiger partial charge in [-0.25, -0.2) is 0 Å². The monoisotopic (exact) mass is 256 g/mol. The largest absolute Gasteiger partial charge is 0.311 e. The fourth-order valence-corrected chi connectivity index (χ4v) is 4.40. The van der Waals surface area contributed by atoms with Crippen LogP contribution in [-0.2, 0) is 0 Å². The van der Waals surface area contributed by atoms with Crippen molar-refractivity contribution in [2.75, 3.05) is 31.6 Å². The van der Waals surface area contributed by atoms with E-state index in [9.17, 15) is 0 Å². The van der Waals surface area contributed by atoms with Gasteiger partial charge in [0, 0.05) is 23.9 Å². The molecule has 2 fully saturated rings. The van der Waals surface area contributed by atoms with Crippen molar-refractivity contribution >= 4 is 11.8 Å². The van der Waals surface area contributed by atoms with Crippen LogP contribution < -0.4 is 5.32 Å². The highest BCUT2D eigenvalue weighted by Gasteiger charge is 2.37. The number of likely N-dealkylation sites (N-methyl/N-ethyl adjacent to an activating group) is 1. The molecule has 2 aliphatic rings. The number of nitrogens with one attached hydrogen (secondary N) is 1. The van der Waals surface area contributed by atoms with Gasteiger partial charge in [-0.2, -0.15) is 11.8 Å². The van der Waals surface area contributed by atoms with Crippen LogP contribution in [0.1, 0.15) is 45.4 Å². The summed E-state index contributed by atoms with van der Waals surface area (Å²) in [6, 6.07) is 0.775. The minimum atomic E-state index is 0.469. The molecule has 0 aromatic carbocycles. The fraction of sp³-hybridized carbons (Fsp3) is 1.00. The van der Waals surface area contributed by atoms with Crippen LogP contribution in [0.15, 0.2) is 0 Å². The Hall–Kier alpha value is 0.270. The molecule has 17 heavy (non-hydrogen) atoms. The fourth-order valence-electron chi connectivity index (χ4n) is 3.30. The van der Waals surface area contributed by atoms with Crippen molar-refractivity contribution in [3.05, 3.63) is 0 Å². The van der Waals surface area contributed by atoms with Crippen molar-refractivity contribution in [2.45, 2.75) is 57.0 Å². The first kappa shape index (κ1) is 13.7. The Labute approximate surface area is 111 Å². The van der Waals surface area contributed by atoms with Gasteiger partial charge in [-0.05, 0) is 45.0 Å². The molecule has 0 amide bonds. The maximum absolute atomic E-state index is 3.86. The van der Waals surface area contributed by atoms with Crippen LogP contribution in [0.3, 0.4) is 0 Å². The SMILES string of the molecule is CCN(C)C1(CN[C@H]2CCCSC2)CCCC1. The molecule has 1 saturated carbocycles. The van der Waals surface area contributed by atoms with Gasteiger partial charge < -0.3 is 5.32 Å². The summed E-state index contributed by atoms with van der Waals surface area (Å²) in [6.45, 7) is 4.68. The van der Waals surface area contributed by atoms with E-state index >= 15 is 0 Å². The summed E-state index contributed by atoms with van der Waals surface area (Å²) in [5, 5.41) is 3.86. The summed E-state index contributed by atoms with van der Waals surface area (Å²) in [4.78, 5) is 2.59. The smallest absolute Gasteiger partial charge is 0.0330 e. The molecule has 2 nitrogen and oxygen atoms in total. The molecule has 100 valence electrons. The van der Waals surface area contributed by atoms with Crippen LogP contribution in [0.5, 0.6) is 0 Å². The second-order valence-electron chi connectivity index (χ2n) is 5.74. The molecule has 0 radical (unpaired) electrons. The molecule has 1 aliphatic heterocycles. The average Bonchev–Trinajstić information content (AvgIpc) is 2.87. The van der Waals surface area contributed by atoms with Gasteiger partial charge in [-0.3, -0.25) is 4.90 Å². The summed E-state index contributed by atoms with van der Waals surface area (Å²) >= 11 is 2.12. The van der Waals surface area contributed by atoms with Crippen LogP contribution in [-0.4, -0.2) is 48.1 Å². The Kier molecular flexibility index (Phi) is 5.19. The Bertz CT molecular complexity index is 220. The Morgan fingerprint density at radius 3 is 2.65 bits per heavy atom. The molecule has 1 N–H and O–H groups in total. The van der Waals surface area contributed by atoms with Gasteiger partial charge in [0.05, 0.1) is 0 Å². The minimum absolute atomic E-state index is 0.469. The van der Waals surface area contributed by atoms with E-state index in [1.807, 2.05) is 0 Å². The van der Waals surface area contributed by atoms with E-state index in [0.29, 0.717) is 5.54 Å². The zero-order valence-electron chi connectivity index (χ0n) is 11.5. The van der Waals surface area contributed by atoms with E-state index in [2.05, 4.69) is 35.9 Å². The summed E-state index contributed by atoms with van der Waals surface area (Å²) in [7, 11) is 2.31. The Morgan fingerprint density at radius 2 is 2.06 bits per heavy atom. The van der Waals surface area contributed by atoms with Gasteiger partial charge in [-0.15, -0.1) is 0 Å². The number of nitrogens with zero attached hydrogens (tertiary/aromatic N) is 1. The lowest BCUT2D eigenvalue weighted by Gasteiger charge is -2.40. The molecule has 1 saturated heterocycles. The Morgan fingerprint density at radius 1 is 1.29 bits per heavy atom. The predicted molar refractivity (Wildman–Crippen MR) is 77.9 cm³/mol. The lowest BCUT2D eigenvalue weighted by Crippen LogP contribution is -2.53. The molecule has 0 spiro atoms. The maximum atomic E-state index is 3.86. The van der Waals surface area contributed by atoms with Crippen LogP contribution in [0.4, 0.5) is 0 Å². The number of rotatable bonds is 5. The van der Waals surface area contributed by atoms with Gasteiger partial charge in [0.25, 0.3) is 0 Å². The maximum Gasteiger partial charge on any atom is 0.0330 e. The second kappa shape index (κ2) is 6.44. The van der Waals surface area contributed by atoms with Crippen LogP contribution >= 0.6 is 11.8 Å². The standard InChI is InChI=1S/C14H28N2S/c1-3-16(2)14(8-4-5-9-14)12-15-13-7-6-10-17-11-13/h13,15H,3-12H2,1-2H3/t13-/m0/s1. The first-order valence-corrected chi connectivity index (χ1v) is 8.45. The predicted octanol–water partition coefficient (Wildman–Crippen LogP) is 2.74. The zero-order valence-corrected chi connectivity index (χ0v) is 12.3. The van der Waals surface area contributed by atoms with Gasteiger partial charge in [0.1, 0.15) is 0 Å². The van der Waals surface area contributed by atoms with Crippen LogP contribution in [0, 0.1) is 0 Å². The third-order valence-corrected chi connectivity index (χ3v) is 5.91. The summed E-state index contributed by atoms with van der Waals surface area (Å²) in [5.74, 6) is 2.70. The highest BCUT2D eigenvalue weighted by atomic mass is 32.2. The Balaban J connectivity index is 1.84. The van der Waals surface area contributed by atoms with E-state index in [-0.39, 0.29) is 0 Å². The number of hydrogen-bond acceptors (Lipinski definition) is 3. The van der Waals surface area contributed by atoms with Crippen molar-refractivity contribution < 1.29 is 0 Å². The average molecular weight is 256 g/mol. The molecule has 0 unspecified atom stereocenters. The topological polar surface area (TPSA) is 15.3 Å². The molecule has 1 atom stereocenters. The van der Waals surface area contributed by atoms with Crippen molar-refractivity contribution in [3.8, 4) is 0 Å². The number of hydrogen-bond donors (Lipinski definition) is 1. The molecule has 0 aromatic heterocycles. The molecule has 2 rings (SSSR count). The third kappa shape index (κ3) is 3.39. The first-order valence-electron chi connectivity index (χ1n) is 7.29. The molecule has 3 heteroatoms. The van der Waals surface area contributed by atoms with Crippen molar-refractivity contribution in [1.29, 1.82) is 0 Å². The summed E-state index contributed by atoms with van der Waals surface area (Å²) in [6.07, 6.45) is 8.42. The van der Waals surface area contributed by atoms with E-state index in [1.165, 1.54) is 63.1 Å². The molecule has 1 aliphatic carbocycles. The first-order chi connectivity index (χ1) is 8.27. The number of thioether (sulfide) groups is 1. The molecular weight excluding hydrogens is 228 g/mol. The van der Waals surface area contributed by atoms with Crippen LogP contribution in [0.25, 0.3) is 0 Å². The quantitative estimate of drug-likeness (QED) is 0.814. The third-order valence-electron chi connectivity index (χ3n) is 4.70. The van der Waals surface area contributed by atoms with Crippen molar-refractivity contribution in [3.63, 3.8) is 0 Å². The summed E-state index contributed by atoms with van der Waals surface area (Å²) in [5.41, 5.74) is 0.469. The van der Waals surface area contributed by atoms with Crippen LogP contribution in [0.2, 0.25) is 0 Å². The van der Waals surface area contributed by atoms with Crippen molar-refractivity contribution in [2.24, 2.45) is 0 Å². The molecule has 1 heterocycles. The highest BCUT2D eigenvalue weighted by Crippen LogP contribution is 2.34. The molecule has 0 aromatic rings. The van der Waals surface area contributed by atoms with Gasteiger partial charge >= 0.3 is 0 Å². The summed E-state index contributed by atoms with van der Waals surface area (Å²) < 4.78 is 0. The van der Waals surface area contributed by atoms with E-state index in [1.54, 1.807) is 0 Å². The highest BCUT2D eigenvalue weighted by molar-refractivity contribution is 7.99. The minimum Gasteiger partial charge on any atom is -0.311 e. The normalized spacial score (nSPS) is 28.8. The lowest BCUT2D eigenvalue weighted by atomic mass is 9.94. The van der Waals surface area contributed by atoms with Gasteiger partial charge in [0.15, 0.2) is 0 Å². The van der Waals surface area contributed by atoms with E-state index in [4.69, 9.17) is 0 Å². The second-order valence-corrected chi connectivity index (χ2v) is 6.89. The van der Waals surface area contributed by atoms with E-state index in [0.717, 1.165) is 6.04 Å². The molecular formula is C14H28N2S. The van der Waals surface area contributed by atoms with E-state index < -0.39 is 0 Å².